The van der Waals surface area contributed by atoms with Crippen LogP contribution in [-0.2, 0) is 9.59 Å². The normalized spacial score (nSPS) is 15.5. The maximum Gasteiger partial charge on any atom is 0.243 e. The molecule has 0 bridgehead atoms. The molecule has 1 atom stereocenters. The molecule has 2 heterocycles. The molecule has 2 amide bonds. The summed E-state index contributed by atoms with van der Waals surface area (Å²) in [5.74, 6) is -5.03. The third-order valence-corrected chi connectivity index (χ3v) is 4.81. The molecule has 160 valence electrons. The van der Waals surface area contributed by atoms with Crippen molar-refractivity contribution in [2.75, 3.05) is 42.9 Å². The predicted molar refractivity (Wildman–Crippen MR) is 103 cm³/mol. The van der Waals surface area contributed by atoms with Crippen molar-refractivity contribution in [2.24, 2.45) is 0 Å². The topological polar surface area (TPSA) is 90.5 Å². The number of carbonyl (C=O) groups excluding carboxylic acids is 2. The van der Waals surface area contributed by atoms with Crippen LogP contribution in [0.15, 0.2) is 30.6 Å². The Hall–Kier alpha value is -3.21. The van der Waals surface area contributed by atoms with Crippen LogP contribution in [0, 0.1) is 17.5 Å². The first-order chi connectivity index (χ1) is 14.4. The van der Waals surface area contributed by atoms with Gasteiger partial charge in [0.1, 0.15) is 0 Å². The van der Waals surface area contributed by atoms with Gasteiger partial charge < -0.3 is 15.5 Å². The summed E-state index contributed by atoms with van der Waals surface area (Å²) in [5, 5.41) is 4.57. The van der Waals surface area contributed by atoms with Crippen LogP contribution in [0.2, 0.25) is 0 Å². The Morgan fingerprint density at radius 2 is 1.73 bits per heavy atom. The quantitative estimate of drug-likeness (QED) is 0.679. The monoisotopic (exact) mass is 422 g/mol. The number of piperazine rings is 1. The van der Waals surface area contributed by atoms with Crippen molar-refractivity contribution in [1.29, 1.82) is 0 Å². The molecule has 1 fully saturated rings. The molecule has 1 unspecified atom stereocenters. The second-order valence-electron chi connectivity index (χ2n) is 6.74. The molecule has 1 aromatic heterocycles. The highest BCUT2D eigenvalue weighted by molar-refractivity contribution is 5.95. The van der Waals surface area contributed by atoms with Crippen LogP contribution in [0.1, 0.15) is 6.92 Å². The molecule has 3 rings (SSSR count). The van der Waals surface area contributed by atoms with Crippen molar-refractivity contribution in [3.8, 4) is 0 Å². The van der Waals surface area contributed by atoms with E-state index in [2.05, 4.69) is 20.6 Å². The number of benzene rings is 1. The van der Waals surface area contributed by atoms with Crippen molar-refractivity contribution in [2.45, 2.75) is 13.0 Å². The Kier molecular flexibility index (Phi) is 6.83. The fourth-order valence-corrected chi connectivity index (χ4v) is 3.06. The summed E-state index contributed by atoms with van der Waals surface area (Å²) in [6, 6.07) is 2.86. The van der Waals surface area contributed by atoms with Crippen molar-refractivity contribution in [3.05, 3.63) is 48.0 Å². The second-order valence-corrected chi connectivity index (χ2v) is 6.74. The van der Waals surface area contributed by atoms with E-state index in [0.717, 1.165) is 6.07 Å². The van der Waals surface area contributed by atoms with E-state index >= 15 is 0 Å². The first kappa shape index (κ1) is 21.5. The van der Waals surface area contributed by atoms with E-state index in [1.165, 1.54) is 0 Å². The van der Waals surface area contributed by atoms with Crippen molar-refractivity contribution >= 4 is 23.5 Å². The van der Waals surface area contributed by atoms with Crippen LogP contribution in [0.3, 0.4) is 0 Å². The highest BCUT2D eigenvalue weighted by Gasteiger charge is 2.26. The summed E-state index contributed by atoms with van der Waals surface area (Å²) < 4.78 is 39.8. The molecule has 0 radical (unpaired) electrons. The molecule has 11 heteroatoms. The van der Waals surface area contributed by atoms with E-state index in [1.54, 1.807) is 25.4 Å². The zero-order valence-corrected chi connectivity index (χ0v) is 16.2. The molecule has 1 aromatic carbocycles. The molecule has 0 saturated carbocycles. The Balaban J connectivity index is 1.46. The lowest BCUT2D eigenvalue weighted by Crippen LogP contribution is -2.54. The SMILES string of the molecule is CC(C(=O)NCC(=O)Nc1ccc(F)c(F)c1F)N1CCN(c2ncccn2)CC1. The van der Waals surface area contributed by atoms with Gasteiger partial charge in [-0.2, -0.15) is 0 Å². The van der Waals surface area contributed by atoms with E-state index in [4.69, 9.17) is 0 Å². The molecule has 0 spiro atoms. The van der Waals surface area contributed by atoms with Gasteiger partial charge in [-0.05, 0) is 25.1 Å². The summed E-state index contributed by atoms with van der Waals surface area (Å²) >= 11 is 0. The van der Waals surface area contributed by atoms with Crippen LogP contribution in [0.5, 0.6) is 0 Å². The Bertz CT molecular complexity index is 907. The van der Waals surface area contributed by atoms with Crippen LogP contribution in [-0.4, -0.2) is 65.4 Å². The smallest absolute Gasteiger partial charge is 0.243 e. The number of aromatic nitrogens is 2. The highest BCUT2D eigenvalue weighted by atomic mass is 19.2. The number of carbonyl (C=O) groups is 2. The van der Waals surface area contributed by atoms with Gasteiger partial charge in [-0.3, -0.25) is 14.5 Å². The number of amides is 2. The van der Waals surface area contributed by atoms with E-state index in [9.17, 15) is 22.8 Å². The molecule has 1 aliphatic heterocycles. The van der Waals surface area contributed by atoms with Gasteiger partial charge in [0, 0.05) is 38.6 Å². The Labute approximate surface area is 171 Å². The van der Waals surface area contributed by atoms with Crippen molar-refractivity contribution < 1.29 is 22.8 Å². The summed E-state index contributed by atoms with van der Waals surface area (Å²) in [7, 11) is 0. The van der Waals surface area contributed by atoms with Gasteiger partial charge >= 0.3 is 0 Å². The molecule has 0 aliphatic carbocycles. The number of nitrogens with zero attached hydrogens (tertiary/aromatic N) is 4. The van der Waals surface area contributed by atoms with Crippen LogP contribution in [0.4, 0.5) is 24.8 Å². The second kappa shape index (κ2) is 9.53. The lowest BCUT2D eigenvalue weighted by molar-refractivity contribution is -0.128. The minimum absolute atomic E-state index is 0.375. The molecular weight excluding hydrogens is 401 g/mol. The largest absolute Gasteiger partial charge is 0.346 e. The van der Waals surface area contributed by atoms with Crippen LogP contribution in [0.25, 0.3) is 0 Å². The fourth-order valence-electron chi connectivity index (χ4n) is 3.06. The number of hydrogen-bond acceptors (Lipinski definition) is 6. The summed E-state index contributed by atoms with van der Waals surface area (Å²) in [5.41, 5.74) is -0.500. The van der Waals surface area contributed by atoms with Crippen molar-refractivity contribution in [1.82, 2.24) is 20.2 Å². The van der Waals surface area contributed by atoms with Crippen LogP contribution < -0.4 is 15.5 Å². The number of nitrogens with one attached hydrogen (secondary N) is 2. The van der Waals surface area contributed by atoms with E-state index in [0.29, 0.717) is 38.2 Å². The third-order valence-electron chi connectivity index (χ3n) is 4.81. The average Bonchev–Trinajstić information content (AvgIpc) is 2.78. The first-order valence-corrected chi connectivity index (χ1v) is 9.34. The predicted octanol–water partition coefficient (Wildman–Crippen LogP) is 1.16. The summed E-state index contributed by atoms with van der Waals surface area (Å²) in [4.78, 5) is 36.7. The molecule has 2 N–H and O–H groups in total. The summed E-state index contributed by atoms with van der Waals surface area (Å²) in [6.07, 6.45) is 3.34. The fraction of sp³-hybridized carbons (Fsp3) is 0.368. The Morgan fingerprint density at radius 1 is 1.07 bits per heavy atom. The molecule has 8 nitrogen and oxygen atoms in total. The molecular formula is C19H21F3N6O2. The minimum Gasteiger partial charge on any atom is -0.346 e. The standard InChI is InChI=1S/C19H21F3N6O2/c1-12(27-7-9-28(10-8-27)19-23-5-2-6-24-19)18(30)25-11-15(29)26-14-4-3-13(20)16(21)17(14)22/h2-6,12H,7-11H2,1H3,(H,25,30)(H,26,29). The maximum absolute atomic E-state index is 13.6. The van der Waals surface area contributed by atoms with E-state index in [-0.39, 0.29) is 5.91 Å². The minimum atomic E-state index is -1.68. The highest BCUT2D eigenvalue weighted by Crippen LogP contribution is 2.19. The number of anilines is 2. The number of rotatable bonds is 6. The van der Waals surface area contributed by atoms with E-state index in [1.807, 2.05) is 9.80 Å². The van der Waals surface area contributed by atoms with Gasteiger partial charge in [0.2, 0.25) is 17.8 Å². The zero-order valence-electron chi connectivity index (χ0n) is 16.2. The lowest BCUT2D eigenvalue weighted by Gasteiger charge is -2.37. The van der Waals surface area contributed by atoms with Gasteiger partial charge in [0.05, 0.1) is 18.3 Å². The zero-order chi connectivity index (χ0) is 21.7. The Morgan fingerprint density at radius 3 is 2.40 bits per heavy atom. The molecule has 1 aliphatic rings. The summed E-state index contributed by atoms with van der Waals surface area (Å²) in [6.45, 7) is 3.81. The third kappa shape index (κ3) is 5.03. The molecule has 30 heavy (non-hydrogen) atoms. The van der Waals surface area contributed by atoms with Gasteiger partial charge in [0.25, 0.3) is 0 Å². The van der Waals surface area contributed by atoms with Gasteiger partial charge in [-0.1, -0.05) is 0 Å². The first-order valence-electron chi connectivity index (χ1n) is 9.34. The lowest BCUT2D eigenvalue weighted by atomic mass is 10.2. The van der Waals surface area contributed by atoms with Crippen molar-refractivity contribution in [3.63, 3.8) is 0 Å². The van der Waals surface area contributed by atoms with Crippen LogP contribution >= 0.6 is 0 Å². The van der Waals surface area contributed by atoms with E-state index < -0.39 is 41.6 Å². The number of halogens is 3. The van der Waals surface area contributed by atoms with Gasteiger partial charge in [-0.25, -0.2) is 23.1 Å². The number of hydrogen-bond donors (Lipinski definition) is 2. The maximum atomic E-state index is 13.6. The molecule has 2 aromatic rings. The molecule has 1 saturated heterocycles. The van der Waals surface area contributed by atoms with Gasteiger partial charge in [-0.15, -0.1) is 0 Å². The van der Waals surface area contributed by atoms with Gasteiger partial charge in [0.15, 0.2) is 17.5 Å². The average molecular weight is 422 g/mol.